The lowest BCUT2D eigenvalue weighted by Crippen LogP contribution is -1.97. The van der Waals surface area contributed by atoms with E-state index in [1.54, 1.807) is 17.8 Å². The maximum absolute atomic E-state index is 11.0. The molecular formula is C15H21BrO2S. The molecule has 4 heteroatoms. The van der Waals surface area contributed by atoms with Gasteiger partial charge in [-0.05, 0) is 46.3 Å². The van der Waals surface area contributed by atoms with E-state index < -0.39 is 5.97 Å². The molecule has 106 valence electrons. The lowest BCUT2D eigenvalue weighted by molar-refractivity contribution is 0.0695. The third kappa shape index (κ3) is 6.48. The number of unbranched alkanes of at least 4 members (excludes halogenated alkanes) is 5. The molecule has 0 unspecified atom stereocenters. The summed E-state index contributed by atoms with van der Waals surface area (Å²) in [6, 6.07) is 5.53. The van der Waals surface area contributed by atoms with Crippen LogP contribution < -0.4 is 0 Å². The van der Waals surface area contributed by atoms with Crippen molar-refractivity contribution in [2.24, 2.45) is 0 Å². The van der Waals surface area contributed by atoms with E-state index in [-0.39, 0.29) is 0 Å². The molecule has 0 aromatic heterocycles. The molecule has 0 aliphatic heterocycles. The Morgan fingerprint density at radius 2 is 1.89 bits per heavy atom. The van der Waals surface area contributed by atoms with Crippen molar-refractivity contribution in [1.29, 1.82) is 0 Å². The van der Waals surface area contributed by atoms with Gasteiger partial charge in [-0.1, -0.05) is 39.0 Å². The van der Waals surface area contributed by atoms with E-state index in [1.165, 1.54) is 38.5 Å². The van der Waals surface area contributed by atoms with Crippen molar-refractivity contribution in [3.8, 4) is 0 Å². The van der Waals surface area contributed by atoms with Gasteiger partial charge >= 0.3 is 5.97 Å². The second-order valence-electron chi connectivity index (χ2n) is 4.56. The van der Waals surface area contributed by atoms with Gasteiger partial charge in [0, 0.05) is 9.37 Å². The maximum Gasteiger partial charge on any atom is 0.336 e. The van der Waals surface area contributed by atoms with Crippen LogP contribution in [0, 0.1) is 0 Å². The number of thioether (sulfide) groups is 1. The van der Waals surface area contributed by atoms with Gasteiger partial charge in [-0.25, -0.2) is 4.79 Å². The molecule has 0 bridgehead atoms. The SMILES string of the molecule is CCCCCCCCSc1ccc(Br)c(C(=O)O)c1. The van der Waals surface area contributed by atoms with E-state index >= 15 is 0 Å². The minimum atomic E-state index is -0.881. The molecule has 2 nitrogen and oxygen atoms in total. The number of carboxylic acid groups (broad SMARTS) is 1. The molecule has 1 rings (SSSR count). The van der Waals surface area contributed by atoms with Crippen LogP contribution in [0.3, 0.4) is 0 Å². The molecule has 0 aliphatic carbocycles. The van der Waals surface area contributed by atoms with Crippen molar-refractivity contribution in [1.82, 2.24) is 0 Å². The molecular weight excluding hydrogens is 324 g/mol. The zero-order valence-electron chi connectivity index (χ0n) is 11.3. The van der Waals surface area contributed by atoms with Gasteiger partial charge in [0.2, 0.25) is 0 Å². The number of halogens is 1. The first kappa shape index (κ1) is 16.6. The molecule has 1 aromatic rings. The van der Waals surface area contributed by atoms with Crippen molar-refractivity contribution in [3.05, 3.63) is 28.2 Å². The first-order valence-corrected chi connectivity index (χ1v) is 8.58. The Kier molecular flexibility index (Phi) is 8.22. The Hall–Kier alpha value is -0.480. The van der Waals surface area contributed by atoms with Crippen LogP contribution in [0.15, 0.2) is 27.6 Å². The van der Waals surface area contributed by atoms with Gasteiger partial charge in [0.15, 0.2) is 0 Å². The average molecular weight is 345 g/mol. The summed E-state index contributed by atoms with van der Waals surface area (Å²) in [5.74, 6) is 0.182. The predicted molar refractivity (Wildman–Crippen MR) is 85.2 cm³/mol. The predicted octanol–water partition coefficient (Wildman–Crippen LogP) is 5.60. The van der Waals surface area contributed by atoms with Crippen LogP contribution in [0.2, 0.25) is 0 Å². The monoisotopic (exact) mass is 344 g/mol. The largest absolute Gasteiger partial charge is 0.478 e. The summed E-state index contributed by atoms with van der Waals surface area (Å²) >= 11 is 5.00. The fraction of sp³-hybridized carbons (Fsp3) is 0.533. The Balaban J connectivity index is 2.30. The number of hydrogen-bond acceptors (Lipinski definition) is 2. The number of carbonyl (C=O) groups is 1. The smallest absolute Gasteiger partial charge is 0.336 e. The number of rotatable bonds is 9. The highest BCUT2D eigenvalue weighted by Crippen LogP contribution is 2.25. The van der Waals surface area contributed by atoms with E-state index in [4.69, 9.17) is 5.11 Å². The molecule has 0 radical (unpaired) electrons. The number of aromatic carboxylic acids is 1. The van der Waals surface area contributed by atoms with Crippen LogP contribution in [-0.2, 0) is 0 Å². The van der Waals surface area contributed by atoms with Gasteiger partial charge in [0.25, 0.3) is 0 Å². The molecule has 0 saturated heterocycles. The van der Waals surface area contributed by atoms with E-state index in [0.717, 1.165) is 10.6 Å². The van der Waals surface area contributed by atoms with Gasteiger partial charge in [-0.3, -0.25) is 0 Å². The van der Waals surface area contributed by atoms with Crippen LogP contribution in [0.1, 0.15) is 55.8 Å². The van der Waals surface area contributed by atoms with Crippen molar-refractivity contribution >= 4 is 33.7 Å². The summed E-state index contributed by atoms with van der Waals surface area (Å²) in [6.45, 7) is 2.23. The Morgan fingerprint density at radius 3 is 2.58 bits per heavy atom. The van der Waals surface area contributed by atoms with Crippen LogP contribution in [-0.4, -0.2) is 16.8 Å². The summed E-state index contributed by atoms with van der Waals surface area (Å²) in [7, 11) is 0. The first-order chi connectivity index (χ1) is 9.15. The van der Waals surface area contributed by atoms with Crippen LogP contribution in [0.5, 0.6) is 0 Å². The molecule has 0 amide bonds. The van der Waals surface area contributed by atoms with Gasteiger partial charge < -0.3 is 5.11 Å². The first-order valence-electron chi connectivity index (χ1n) is 6.80. The summed E-state index contributed by atoms with van der Waals surface area (Å²) in [4.78, 5) is 12.0. The number of benzene rings is 1. The number of carboxylic acids is 1. The molecule has 0 aliphatic rings. The van der Waals surface area contributed by atoms with Crippen LogP contribution in [0.4, 0.5) is 0 Å². The van der Waals surface area contributed by atoms with Gasteiger partial charge in [0.1, 0.15) is 0 Å². The molecule has 0 heterocycles. The molecule has 0 spiro atoms. The Labute approximate surface area is 128 Å². The van der Waals surface area contributed by atoms with E-state index in [0.29, 0.717) is 10.0 Å². The molecule has 0 fully saturated rings. The van der Waals surface area contributed by atoms with Crippen molar-refractivity contribution < 1.29 is 9.90 Å². The Bertz CT molecular complexity index is 407. The fourth-order valence-corrected chi connectivity index (χ4v) is 3.20. The highest BCUT2D eigenvalue weighted by molar-refractivity contribution is 9.10. The average Bonchev–Trinajstić information content (AvgIpc) is 2.39. The molecule has 0 saturated carbocycles. The third-order valence-electron chi connectivity index (χ3n) is 2.93. The molecule has 19 heavy (non-hydrogen) atoms. The standard InChI is InChI=1S/C15H21BrO2S/c1-2-3-4-5-6-7-10-19-12-8-9-14(16)13(11-12)15(17)18/h8-9,11H,2-7,10H2,1H3,(H,17,18). The van der Waals surface area contributed by atoms with Crippen molar-refractivity contribution in [2.45, 2.75) is 50.3 Å². The second kappa shape index (κ2) is 9.43. The Morgan fingerprint density at radius 1 is 1.21 bits per heavy atom. The van der Waals surface area contributed by atoms with Crippen molar-refractivity contribution in [3.63, 3.8) is 0 Å². The van der Waals surface area contributed by atoms with Crippen molar-refractivity contribution in [2.75, 3.05) is 5.75 Å². The summed E-state index contributed by atoms with van der Waals surface area (Å²) in [5.41, 5.74) is 0.341. The van der Waals surface area contributed by atoms with Gasteiger partial charge in [-0.2, -0.15) is 0 Å². The highest BCUT2D eigenvalue weighted by atomic mass is 79.9. The lowest BCUT2D eigenvalue weighted by atomic mass is 10.1. The van der Waals surface area contributed by atoms with E-state index in [2.05, 4.69) is 22.9 Å². The second-order valence-corrected chi connectivity index (χ2v) is 6.59. The summed E-state index contributed by atoms with van der Waals surface area (Å²) in [6.07, 6.45) is 7.74. The minimum absolute atomic E-state index is 0.341. The zero-order chi connectivity index (χ0) is 14.1. The lowest BCUT2D eigenvalue weighted by Gasteiger charge is -2.05. The molecule has 1 N–H and O–H groups in total. The molecule has 1 aromatic carbocycles. The van der Waals surface area contributed by atoms with Gasteiger partial charge in [-0.15, -0.1) is 11.8 Å². The minimum Gasteiger partial charge on any atom is -0.478 e. The highest BCUT2D eigenvalue weighted by Gasteiger charge is 2.08. The summed E-state index contributed by atoms with van der Waals surface area (Å²) < 4.78 is 0.643. The topological polar surface area (TPSA) is 37.3 Å². The molecule has 0 atom stereocenters. The summed E-state index contributed by atoms with van der Waals surface area (Å²) in [5, 5.41) is 9.04. The van der Waals surface area contributed by atoms with E-state index in [1.807, 2.05) is 12.1 Å². The fourth-order valence-electron chi connectivity index (χ4n) is 1.83. The normalized spacial score (nSPS) is 10.6. The quantitative estimate of drug-likeness (QED) is 0.467. The third-order valence-corrected chi connectivity index (χ3v) is 4.71. The van der Waals surface area contributed by atoms with Crippen LogP contribution >= 0.6 is 27.7 Å². The number of hydrogen-bond donors (Lipinski definition) is 1. The van der Waals surface area contributed by atoms with Gasteiger partial charge in [0.05, 0.1) is 5.56 Å². The zero-order valence-corrected chi connectivity index (χ0v) is 13.7. The van der Waals surface area contributed by atoms with Crippen LogP contribution in [0.25, 0.3) is 0 Å². The van der Waals surface area contributed by atoms with E-state index in [9.17, 15) is 4.79 Å². The maximum atomic E-state index is 11.0.